The average Bonchev–Trinajstić information content (AvgIpc) is 2.16. The fraction of sp³-hybridized carbons (Fsp3) is 0.333. The Bertz CT molecular complexity index is 329. The van der Waals surface area contributed by atoms with Gasteiger partial charge in [-0.1, -0.05) is 43.7 Å². The Morgan fingerprint density at radius 3 is 2.57 bits per heavy atom. The lowest BCUT2D eigenvalue weighted by atomic mass is 10.0. The first kappa shape index (κ1) is 10.8. The van der Waals surface area contributed by atoms with Crippen molar-refractivity contribution in [1.82, 2.24) is 0 Å². The summed E-state index contributed by atoms with van der Waals surface area (Å²) in [6, 6.07) is 7.28. The molecule has 0 bridgehead atoms. The minimum atomic E-state index is 0.305. The van der Waals surface area contributed by atoms with Crippen molar-refractivity contribution >= 4 is 6.08 Å². The van der Waals surface area contributed by atoms with Gasteiger partial charge in [-0.2, -0.15) is 0 Å². The zero-order valence-electron chi connectivity index (χ0n) is 8.70. The summed E-state index contributed by atoms with van der Waals surface area (Å²) in [5.41, 5.74) is 7.60. The third kappa shape index (κ3) is 2.60. The minimum absolute atomic E-state index is 0.305. The highest BCUT2D eigenvalue weighted by Gasteiger charge is 2.02. The molecule has 3 N–H and O–H groups in total. The standard InChI is InChI=1S/C12H17NO/c1-9(2)11(8-13)7-10-5-3-4-6-12(10)14/h3-7,9,14H,8,13H2,1-2H3/b11-7+. The second-order valence-electron chi connectivity index (χ2n) is 3.64. The van der Waals surface area contributed by atoms with Gasteiger partial charge in [0.15, 0.2) is 0 Å². The van der Waals surface area contributed by atoms with Gasteiger partial charge in [-0.25, -0.2) is 0 Å². The molecule has 0 heterocycles. The minimum Gasteiger partial charge on any atom is -0.507 e. The molecule has 0 aliphatic carbocycles. The third-order valence-electron chi connectivity index (χ3n) is 2.25. The number of aromatic hydroxyl groups is 1. The molecule has 0 unspecified atom stereocenters. The van der Waals surface area contributed by atoms with E-state index in [9.17, 15) is 5.11 Å². The van der Waals surface area contributed by atoms with Gasteiger partial charge in [-0.3, -0.25) is 0 Å². The smallest absolute Gasteiger partial charge is 0.122 e. The van der Waals surface area contributed by atoms with Crippen molar-refractivity contribution in [2.24, 2.45) is 11.7 Å². The first-order valence-electron chi connectivity index (χ1n) is 4.83. The monoisotopic (exact) mass is 191 g/mol. The van der Waals surface area contributed by atoms with Gasteiger partial charge >= 0.3 is 0 Å². The molecule has 0 aromatic heterocycles. The predicted molar refractivity (Wildman–Crippen MR) is 60.0 cm³/mol. The summed E-state index contributed by atoms with van der Waals surface area (Å²) in [7, 11) is 0. The summed E-state index contributed by atoms with van der Waals surface area (Å²) < 4.78 is 0. The number of nitrogens with two attached hydrogens (primary N) is 1. The van der Waals surface area contributed by atoms with Crippen molar-refractivity contribution < 1.29 is 5.11 Å². The summed E-state index contributed by atoms with van der Waals surface area (Å²) in [5, 5.41) is 9.55. The van der Waals surface area contributed by atoms with Crippen LogP contribution in [0.5, 0.6) is 5.75 Å². The highest BCUT2D eigenvalue weighted by atomic mass is 16.3. The van der Waals surface area contributed by atoms with Crippen LogP contribution in [0.3, 0.4) is 0 Å². The molecule has 0 spiro atoms. The van der Waals surface area contributed by atoms with E-state index in [0.29, 0.717) is 18.2 Å². The van der Waals surface area contributed by atoms with Gasteiger partial charge in [0.2, 0.25) is 0 Å². The fourth-order valence-corrected chi connectivity index (χ4v) is 1.27. The summed E-state index contributed by atoms with van der Waals surface area (Å²) in [4.78, 5) is 0. The van der Waals surface area contributed by atoms with E-state index < -0.39 is 0 Å². The van der Waals surface area contributed by atoms with Gasteiger partial charge in [-0.15, -0.1) is 0 Å². The maximum atomic E-state index is 9.55. The highest BCUT2D eigenvalue weighted by molar-refractivity contribution is 5.59. The number of phenols is 1. The third-order valence-corrected chi connectivity index (χ3v) is 2.25. The van der Waals surface area contributed by atoms with Gasteiger partial charge in [0.05, 0.1) is 0 Å². The van der Waals surface area contributed by atoms with E-state index in [-0.39, 0.29) is 0 Å². The molecule has 0 atom stereocenters. The van der Waals surface area contributed by atoms with Crippen LogP contribution < -0.4 is 5.73 Å². The Morgan fingerprint density at radius 2 is 2.07 bits per heavy atom. The Labute approximate surface area is 85.1 Å². The number of para-hydroxylation sites is 1. The van der Waals surface area contributed by atoms with Crippen LogP contribution in [0.2, 0.25) is 0 Å². The van der Waals surface area contributed by atoms with Crippen molar-refractivity contribution in [3.05, 3.63) is 35.4 Å². The van der Waals surface area contributed by atoms with Gasteiger partial charge < -0.3 is 10.8 Å². The maximum absolute atomic E-state index is 9.55. The molecule has 1 aromatic rings. The molecule has 0 saturated heterocycles. The Hall–Kier alpha value is -1.28. The van der Waals surface area contributed by atoms with E-state index in [0.717, 1.165) is 11.1 Å². The van der Waals surface area contributed by atoms with Gasteiger partial charge in [-0.05, 0) is 12.0 Å². The van der Waals surface area contributed by atoms with Crippen LogP contribution in [0, 0.1) is 5.92 Å². The van der Waals surface area contributed by atoms with Gasteiger partial charge in [0.1, 0.15) is 5.75 Å². The number of hydrogen-bond acceptors (Lipinski definition) is 2. The zero-order chi connectivity index (χ0) is 10.6. The zero-order valence-corrected chi connectivity index (χ0v) is 8.70. The Kier molecular flexibility index (Phi) is 3.72. The lowest BCUT2D eigenvalue weighted by Gasteiger charge is -2.09. The molecule has 1 rings (SSSR count). The molecule has 0 saturated carbocycles. The lowest BCUT2D eigenvalue weighted by molar-refractivity contribution is 0.474. The van der Waals surface area contributed by atoms with Crippen molar-refractivity contribution in [3.63, 3.8) is 0 Å². The van der Waals surface area contributed by atoms with Gasteiger partial charge in [0, 0.05) is 12.1 Å². The van der Waals surface area contributed by atoms with Crippen molar-refractivity contribution in [3.8, 4) is 5.75 Å². The number of benzene rings is 1. The fourth-order valence-electron chi connectivity index (χ4n) is 1.27. The molecule has 14 heavy (non-hydrogen) atoms. The van der Waals surface area contributed by atoms with E-state index in [2.05, 4.69) is 13.8 Å². The van der Waals surface area contributed by atoms with Crippen LogP contribution in [0.25, 0.3) is 6.08 Å². The van der Waals surface area contributed by atoms with Crippen LogP contribution in [0.4, 0.5) is 0 Å². The number of rotatable bonds is 3. The maximum Gasteiger partial charge on any atom is 0.122 e. The largest absolute Gasteiger partial charge is 0.507 e. The molecule has 0 amide bonds. The summed E-state index contributed by atoms with van der Waals surface area (Å²) in [6.07, 6.45) is 1.96. The van der Waals surface area contributed by atoms with Crippen LogP contribution in [0.15, 0.2) is 29.8 Å². The second kappa shape index (κ2) is 4.82. The van der Waals surface area contributed by atoms with E-state index in [1.807, 2.05) is 24.3 Å². The molecular formula is C12H17NO. The van der Waals surface area contributed by atoms with E-state index in [1.54, 1.807) is 6.07 Å². The quantitative estimate of drug-likeness (QED) is 0.770. The number of hydrogen-bond donors (Lipinski definition) is 2. The first-order valence-corrected chi connectivity index (χ1v) is 4.83. The van der Waals surface area contributed by atoms with E-state index >= 15 is 0 Å². The molecule has 0 radical (unpaired) electrons. The molecule has 2 nitrogen and oxygen atoms in total. The lowest BCUT2D eigenvalue weighted by Crippen LogP contribution is -2.08. The molecule has 1 aromatic carbocycles. The summed E-state index contributed by atoms with van der Waals surface area (Å²) in [6.45, 7) is 4.73. The SMILES string of the molecule is CC(C)/C(=C/c1ccccc1O)CN. The van der Waals surface area contributed by atoms with Crippen LogP contribution in [0.1, 0.15) is 19.4 Å². The molecule has 2 heteroatoms. The van der Waals surface area contributed by atoms with Crippen LogP contribution >= 0.6 is 0 Å². The summed E-state index contributed by atoms with van der Waals surface area (Å²) >= 11 is 0. The normalized spacial score (nSPS) is 12.1. The second-order valence-corrected chi connectivity index (χ2v) is 3.64. The average molecular weight is 191 g/mol. The summed E-state index contributed by atoms with van der Waals surface area (Å²) in [5.74, 6) is 0.721. The molecule has 0 aliphatic heterocycles. The van der Waals surface area contributed by atoms with E-state index in [1.165, 1.54) is 0 Å². The van der Waals surface area contributed by atoms with Crippen LogP contribution in [-0.4, -0.2) is 11.7 Å². The molecular weight excluding hydrogens is 174 g/mol. The molecule has 0 fully saturated rings. The van der Waals surface area contributed by atoms with Crippen molar-refractivity contribution in [2.45, 2.75) is 13.8 Å². The highest BCUT2D eigenvalue weighted by Crippen LogP contribution is 2.21. The Morgan fingerprint density at radius 1 is 1.43 bits per heavy atom. The Balaban J connectivity index is 3.00. The molecule has 0 aliphatic rings. The van der Waals surface area contributed by atoms with Crippen molar-refractivity contribution in [1.29, 1.82) is 0 Å². The van der Waals surface area contributed by atoms with Crippen LogP contribution in [-0.2, 0) is 0 Å². The first-order chi connectivity index (χ1) is 6.65. The van der Waals surface area contributed by atoms with E-state index in [4.69, 9.17) is 5.73 Å². The van der Waals surface area contributed by atoms with Crippen molar-refractivity contribution in [2.75, 3.05) is 6.54 Å². The number of phenolic OH excluding ortho intramolecular Hbond substituents is 1. The predicted octanol–water partition coefficient (Wildman–Crippen LogP) is 2.39. The van der Waals surface area contributed by atoms with Gasteiger partial charge in [0.25, 0.3) is 0 Å². The topological polar surface area (TPSA) is 46.2 Å². The molecule has 76 valence electrons.